The summed E-state index contributed by atoms with van der Waals surface area (Å²) in [5, 5.41) is 17.6. The van der Waals surface area contributed by atoms with Gasteiger partial charge in [0.1, 0.15) is 5.75 Å². The van der Waals surface area contributed by atoms with Crippen LogP contribution in [0.5, 0.6) is 5.75 Å². The van der Waals surface area contributed by atoms with E-state index in [1.807, 2.05) is 88.1 Å². The van der Waals surface area contributed by atoms with Crippen molar-refractivity contribution in [1.29, 1.82) is 0 Å². The molecule has 9 nitrogen and oxygen atoms in total. The molecule has 1 aliphatic heterocycles. The van der Waals surface area contributed by atoms with Crippen LogP contribution in [0.15, 0.2) is 71.8 Å². The zero-order valence-corrected chi connectivity index (χ0v) is 25.9. The Morgan fingerprint density at radius 3 is 2.69 bits per heavy atom. The van der Waals surface area contributed by atoms with Gasteiger partial charge >= 0.3 is 5.97 Å². The average molecular weight is 603 g/mol. The van der Waals surface area contributed by atoms with Gasteiger partial charge in [0.25, 0.3) is 5.56 Å². The van der Waals surface area contributed by atoms with Crippen LogP contribution in [0.2, 0.25) is 0 Å². The SMILES string of the molecule is Cc1cc2c(ccc(=O)n2Cc2ccc3c(cnn3C)c2)c(-c2ccc3c4c(ccnc24)CCO3)c1[C@H](OC(C)(C)C)C(=O)O. The summed E-state index contributed by atoms with van der Waals surface area (Å²) in [6.45, 7) is 8.33. The highest BCUT2D eigenvalue weighted by Gasteiger charge is 2.33. The Hall–Kier alpha value is -5.02. The Bertz CT molecular complexity index is 2210. The van der Waals surface area contributed by atoms with Gasteiger partial charge in [0.05, 0.1) is 41.5 Å². The first-order valence-electron chi connectivity index (χ1n) is 15.0. The number of benzene rings is 3. The molecule has 228 valence electrons. The quantitative estimate of drug-likeness (QED) is 0.237. The van der Waals surface area contributed by atoms with Gasteiger partial charge in [-0.15, -0.1) is 0 Å². The lowest BCUT2D eigenvalue weighted by Gasteiger charge is -2.29. The standard InChI is InChI=1S/C36H34N4O5/c1-20-16-27-24(8-11-29(41)40(27)19-21-6-9-26-23(17-21)18-38-39(26)5)32(30(20)34(35(42)43)45-36(2,3)4)25-7-10-28-31-22(13-15-44-28)12-14-37-33(25)31/h6-12,14,16-18,34H,13,15,19H2,1-5H3,(H,42,43)/t34-/m0/s1. The van der Waals surface area contributed by atoms with E-state index in [2.05, 4.69) is 5.10 Å². The first kappa shape index (κ1) is 28.7. The van der Waals surface area contributed by atoms with Crippen LogP contribution in [0, 0.1) is 6.92 Å². The molecule has 1 atom stereocenters. The molecule has 9 heteroatoms. The van der Waals surface area contributed by atoms with Crippen LogP contribution >= 0.6 is 0 Å². The minimum Gasteiger partial charge on any atom is -0.493 e. The number of aryl methyl sites for hydroxylation is 2. The van der Waals surface area contributed by atoms with E-state index >= 15 is 0 Å². The highest BCUT2D eigenvalue weighted by molar-refractivity contribution is 6.08. The summed E-state index contributed by atoms with van der Waals surface area (Å²) >= 11 is 0. The third-order valence-corrected chi connectivity index (χ3v) is 8.49. The second-order valence-electron chi connectivity index (χ2n) is 12.7. The third-order valence-electron chi connectivity index (χ3n) is 8.49. The van der Waals surface area contributed by atoms with Gasteiger partial charge in [-0.1, -0.05) is 6.07 Å². The van der Waals surface area contributed by atoms with Gasteiger partial charge in [0, 0.05) is 53.0 Å². The molecule has 0 fully saturated rings. The number of pyridine rings is 2. The lowest BCUT2D eigenvalue weighted by molar-refractivity contribution is -0.160. The maximum Gasteiger partial charge on any atom is 0.337 e. The predicted molar refractivity (Wildman–Crippen MR) is 174 cm³/mol. The van der Waals surface area contributed by atoms with Crippen LogP contribution in [0.25, 0.3) is 43.8 Å². The van der Waals surface area contributed by atoms with Gasteiger partial charge in [0.15, 0.2) is 6.10 Å². The van der Waals surface area contributed by atoms with Crippen molar-refractivity contribution in [3.8, 4) is 16.9 Å². The van der Waals surface area contributed by atoms with Crippen molar-refractivity contribution in [2.45, 2.75) is 52.4 Å². The van der Waals surface area contributed by atoms with Gasteiger partial charge in [-0.25, -0.2) is 4.79 Å². The molecule has 0 aliphatic carbocycles. The smallest absolute Gasteiger partial charge is 0.337 e. The van der Waals surface area contributed by atoms with E-state index in [0.717, 1.165) is 56.1 Å². The summed E-state index contributed by atoms with van der Waals surface area (Å²) < 4.78 is 15.8. The van der Waals surface area contributed by atoms with Crippen molar-refractivity contribution in [3.63, 3.8) is 0 Å². The fourth-order valence-electron chi connectivity index (χ4n) is 6.56. The van der Waals surface area contributed by atoms with Crippen molar-refractivity contribution >= 4 is 38.7 Å². The molecule has 1 N–H and O–H groups in total. The van der Waals surface area contributed by atoms with Crippen LogP contribution in [-0.4, -0.2) is 42.6 Å². The molecule has 3 aromatic carbocycles. The molecule has 1 aliphatic rings. The third kappa shape index (κ3) is 4.93. The molecule has 0 saturated carbocycles. The maximum absolute atomic E-state index is 13.5. The van der Waals surface area contributed by atoms with E-state index in [0.29, 0.717) is 35.4 Å². The Labute approximate surface area is 259 Å². The molecule has 3 aromatic heterocycles. The number of aromatic nitrogens is 4. The molecule has 7 rings (SSSR count). The van der Waals surface area contributed by atoms with E-state index in [4.69, 9.17) is 14.5 Å². The number of hydrogen-bond acceptors (Lipinski definition) is 6. The van der Waals surface area contributed by atoms with E-state index < -0.39 is 17.7 Å². The Kier molecular flexibility index (Phi) is 6.74. The minimum absolute atomic E-state index is 0.156. The summed E-state index contributed by atoms with van der Waals surface area (Å²) in [5.74, 6) is -0.337. The molecule has 0 amide bonds. The monoisotopic (exact) mass is 602 g/mol. The summed E-state index contributed by atoms with van der Waals surface area (Å²) in [6, 6.07) is 17.2. The highest BCUT2D eigenvalue weighted by atomic mass is 16.5. The molecule has 4 heterocycles. The maximum atomic E-state index is 13.5. The van der Waals surface area contributed by atoms with Gasteiger partial charge in [-0.05, 0) is 92.4 Å². The van der Waals surface area contributed by atoms with Gasteiger partial charge in [0.2, 0.25) is 0 Å². The summed E-state index contributed by atoms with van der Waals surface area (Å²) in [7, 11) is 1.90. The molecule has 45 heavy (non-hydrogen) atoms. The number of carboxylic acid groups (broad SMARTS) is 1. The summed E-state index contributed by atoms with van der Waals surface area (Å²) in [4.78, 5) is 31.3. The molecular formula is C36H34N4O5. The fourth-order valence-corrected chi connectivity index (χ4v) is 6.56. The van der Waals surface area contributed by atoms with Crippen molar-refractivity contribution in [1.82, 2.24) is 19.3 Å². The second-order valence-corrected chi connectivity index (χ2v) is 12.7. The van der Waals surface area contributed by atoms with E-state index in [1.165, 1.54) is 0 Å². The fraction of sp³-hybridized carbons (Fsp3) is 0.278. The van der Waals surface area contributed by atoms with Crippen LogP contribution in [-0.2, 0) is 29.5 Å². The van der Waals surface area contributed by atoms with Gasteiger partial charge in [-0.2, -0.15) is 5.10 Å². The molecule has 6 aromatic rings. The number of fused-ring (bicyclic) bond motifs is 2. The molecule has 0 radical (unpaired) electrons. The van der Waals surface area contributed by atoms with Gasteiger partial charge in [-0.3, -0.25) is 14.5 Å². The number of carbonyl (C=O) groups is 1. The topological polar surface area (TPSA) is 108 Å². The molecule has 0 unspecified atom stereocenters. The number of nitrogens with zero attached hydrogens (tertiary/aromatic N) is 4. The van der Waals surface area contributed by atoms with Crippen LogP contribution in [0.4, 0.5) is 0 Å². The van der Waals surface area contributed by atoms with Crippen molar-refractivity contribution < 1.29 is 19.4 Å². The Morgan fingerprint density at radius 2 is 1.91 bits per heavy atom. The molecule has 0 saturated heterocycles. The van der Waals surface area contributed by atoms with Crippen LogP contribution < -0.4 is 10.3 Å². The molecule has 0 bridgehead atoms. The van der Waals surface area contributed by atoms with Crippen molar-refractivity contribution in [2.24, 2.45) is 7.05 Å². The highest BCUT2D eigenvalue weighted by Crippen LogP contribution is 2.45. The van der Waals surface area contributed by atoms with Crippen LogP contribution in [0.1, 0.15) is 49.1 Å². The second kappa shape index (κ2) is 10.6. The largest absolute Gasteiger partial charge is 0.493 e. The lowest BCUT2D eigenvalue weighted by Crippen LogP contribution is -2.28. The Balaban J connectivity index is 1.54. The average Bonchev–Trinajstić information content (AvgIpc) is 3.37. The zero-order valence-electron chi connectivity index (χ0n) is 25.9. The number of hydrogen-bond donors (Lipinski definition) is 1. The number of rotatable bonds is 6. The first-order chi connectivity index (χ1) is 21.5. The number of aliphatic carboxylic acids is 1. The minimum atomic E-state index is -1.26. The van der Waals surface area contributed by atoms with E-state index in [1.54, 1.807) is 22.9 Å². The van der Waals surface area contributed by atoms with Crippen LogP contribution in [0.3, 0.4) is 0 Å². The van der Waals surface area contributed by atoms with Crippen molar-refractivity contribution in [2.75, 3.05) is 6.61 Å². The normalized spacial score (nSPS) is 13.8. The van der Waals surface area contributed by atoms with E-state index in [9.17, 15) is 14.7 Å². The summed E-state index contributed by atoms with van der Waals surface area (Å²) in [6.07, 6.45) is 3.09. The van der Waals surface area contributed by atoms with E-state index in [-0.39, 0.29) is 5.56 Å². The van der Waals surface area contributed by atoms with Crippen molar-refractivity contribution in [3.05, 3.63) is 99.6 Å². The zero-order chi connectivity index (χ0) is 31.6. The molecular weight excluding hydrogens is 568 g/mol. The number of ether oxygens (including phenoxy) is 2. The Morgan fingerprint density at radius 1 is 1.09 bits per heavy atom. The lowest BCUT2D eigenvalue weighted by atomic mass is 9.86. The molecule has 0 spiro atoms. The number of carboxylic acids is 1. The van der Waals surface area contributed by atoms with Gasteiger partial charge < -0.3 is 19.1 Å². The first-order valence-corrected chi connectivity index (χ1v) is 15.0. The summed E-state index contributed by atoms with van der Waals surface area (Å²) in [5.41, 5.74) is 6.28. The predicted octanol–water partition coefficient (Wildman–Crippen LogP) is 6.34.